The highest BCUT2D eigenvalue weighted by molar-refractivity contribution is 6.04. The SMILES string of the molecule is CCc1cnc(N)c2c(-c3ccc(C(=O)Nc4cc(C(F)(F)F)ccn4)cc3)nc(C3CCCN(C(=O)C4(C)COC4)C3)n12. The maximum absolute atomic E-state index is 13.3. The summed E-state index contributed by atoms with van der Waals surface area (Å²) in [4.78, 5) is 41.4. The standard InChI is InChI=1S/C31H32F3N7O3/c1-3-22-14-37-26(35)25-24(39-27(41(22)25)20-5-4-12-40(15-20)29(43)30(2)16-44-17-30)18-6-8-19(9-7-18)28(42)38-23-13-21(10-11-36-23)31(32,33)34/h6-11,13-14,20H,3-5,12,15-17H2,1-2H3,(H2,35,37)(H,36,38,42). The van der Waals surface area contributed by atoms with E-state index in [1.54, 1.807) is 30.5 Å². The van der Waals surface area contributed by atoms with Crippen molar-refractivity contribution >= 4 is 29.0 Å². The summed E-state index contributed by atoms with van der Waals surface area (Å²) >= 11 is 0. The van der Waals surface area contributed by atoms with Crippen molar-refractivity contribution in [3.8, 4) is 11.3 Å². The number of fused-ring (bicyclic) bond motifs is 1. The van der Waals surface area contributed by atoms with Gasteiger partial charge in [0.1, 0.15) is 28.7 Å². The Bertz CT molecular complexity index is 1730. The number of halogens is 3. The van der Waals surface area contributed by atoms with E-state index in [2.05, 4.69) is 15.3 Å². The number of aryl methyl sites for hydroxylation is 1. The third kappa shape index (κ3) is 5.36. The second-order valence-corrected chi connectivity index (χ2v) is 11.6. The molecule has 2 fully saturated rings. The molecule has 2 saturated heterocycles. The molecule has 2 amide bonds. The molecule has 13 heteroatoms. The van der Waals surface area contributed by atoms with E-state index < -0.39 is 23.1 Å². The highest BCUT2D eigenvalue weighted by Crippen LogP contribution is 2.37. The maximum atomic E-state index is 13.3. The number of likely N-dealkylation sites (tertiary alicyclic amines) is 1. The number of amides is 2. The third-order valence-electron chi connectivity index (χ3n) is 8.33. The Balaban J connectivity index is 1.31. The number of piperidine rings is 1. The summed E-state index contributed by atoms with van der Waals surface area (Å²) in [5, 5.41) is 2.42. The molecule has 4 aromatic rings. The summed E-state index contributed by atoms with van der Waals surface area (Å²) < 4.78 is 46.6. The molecule has 5 heterocycles. The molecule has 1 unspecified atom stereocenters. The molecule has 2 aliphatic heterocycles. The Labute approximate surface area is 251 Å². The molecule has 0 radical (unpaired) electrons. The van der Waals surface area contributed by atoms with Gasteiger partial charge in [-0.15, -0.1) is 0 Å². The summed E-state index contributed by atoms with van der Waals surface area (Å²) in [5.41, 5.74) is 8.11. The van der Waals surface area contributed by atoms with Crippen molar-refractivity contribution in [1.82, 2.24) is 24.3 Å². The number of nitrogens with two attached hydrogens (primary N) is 1. The van der Waals surface area contributed by atoms with Gasteiger partial charge in [-0.05, 0) is 50.5 Å². The van der Waals surface area contributed by atoms with Gasteiger partial charge in [0, 0.05) is 48.2 Å². The Morgan fingerprint density at radius 1 is 1.16 bits per heavy atom. The lowest BCUT2D eigenvalue weighted by molar-refractivity contribution is -0.170. The number of hydrogen-bond acceptors (Lipinski definition) is 7. The van der Waals surface area contributed by atoms with Crippen LogP contribution in [-0.2, 0) is 22.1 Å². The van der Waals surface area contributed by atoms with Gasteiger partial charge in [0.15, 0.2) is 0 Å². The van der Waals surface area contributed by atoms with Crippen LogP contribution in [0.5, 0.6) is 0 Å². The fourth-order valence-corrected chi connectivity index (χ4v) is 5.88. The molecule has 44 heavy (non-hydrogen) atoms. The number of pyridine rings is 1. The highest BCUT2D eigenvalue weighted by atomic mass is 19.4. The van der Waals surface area contributed by atoms with Crippen LogP contribution in [-0.4, -0.2) is 62.4 Å². The van der Waals surface area contributed by atoms with Gasteiger partial charge >= 0.3 is 6.18 Å². The smallest absolute Gasteiger partial charge is 0.382 e. The molecule has 0 spiro atoms. The van der Waals surface area contributed by atoms with E-state index in [-0.39, 0.29) is 23.2 Å². The first kappa shape index (κ1) is 29.5. The predicted octanol–water partition coefficient (Wildman–Crippen LogP) is 4.95. The summed E-state index contributed by atoms with van der Waals surface area (Å²) in [6, 6.07) is 8.19. The molecule has 0 bridgehead atoms. The van der Waals surface area contributed by atoms with E-state index in [0.717, 1.165) is 42.7 Å². The zero-order valence-corrected chi connectivity index (χ0v) is 24.3. The second-order valence-electron chi connectivity index (χ2n) is 11.6. The van der Waals surface area contributed by atoms with Gasteiger partial charge < -0.3 is 20.7 Å². The Kier molecular flexibility index (Phi) is 7.52. The number of alkyl halides is 3. The van der Waals surface area contributed by atoms with E-state index in [0.29, 0.717) is 55.3 Å². The molecule has 1 aromatic carbocycles. The Morgan fingerprint density at radius 2 is 1.91 bits per heavy atom. The van der Waals surface area contributed by atoms with Crippen LogP contribution < -0.4 is 11.1 Å². The summed E-state index contributed by atoms with van der Waals surface area (Å²) in [6.07, 6.45) is 0.550. The maximum Gasteiger partial charge on any atom is 0.416 e. The molecule has 230 valence electrons. The molecular weight excluding hydrogens is 575 g/mol. The van der Waals surface area contributed by atoms with Crippen LogP contribution in [0.2, 0.25) is 0 Å². The van der Waals surface area contributed by atoms with Gasteiger partial charge in [-0.25, -0.2) is 15.0 Å². The minimum Gasteiger partial charge on any atom is -0.382 e. The van der Waals surface area contributed by atoms with Crippen molar-refractivity contribution < 1.29 is 27.5 Å². The van der Waals surface area contributed by atoms with Gasteiger partial charge in [-0.1, -0.05) is 19.1 Å². The van der Waals surface area contributed by atoms with Crippen molar-refractivity contribution in [2.75, 3.05) is 37.4 Å². The van der Waals surface area contributed by atoms with Gasteiger partial charge in [0.2, 0.25) is 5.91 Å². The number of nitrogens with zero attached hydrogens (tertiary/aromatic N) is 5. The lowest BCUT2D eigenvalue weighted by atomic mass is 9.85. The van der Waals surface area contributed by atoms with Crippen molar-refractivity contribution in [1.29, 1.82) is 0 Å². The van der Waals surface area contributed by atoms with Crippen molar-refractivity contribution in [3.05, 3.63) is 71.4 Å². The number of benzene rings is 1. The number of nitrogens with one attached hydrogen (secondary N) is 1. The van der Waals surface area contributed by atoms with Crippen LogP contribution in [0.3, 0.4) is 0 Å². The first-order chi connectivity index (χ1) is 21.0. The molecular formula is C31H32F3N7O3. The molecule has 3 aromatic heterocycles. The summed E-state index contributed by atoms with van der Waals surface area (Å²) in [5.74, 6) is 0.354. The molecule has 10 nitrogen and oxygen atoms in total. The van der Waals surface area contributed by atoms with E-state index in [4.69, 9.17) is 15.5 Å². The first-order valence-corrected chi connectivity index (χ1v) is 14.5. The normalized spacial score (nSPS) is 18.2. The van der Waals surface area contributed by atoms with Crippen LogP contribution in [0.25, 0.3) is 16.8 Å². The number of aromatic nitrogens is 4. The highest BCUT2D eigenvalue weighted by Gasteiger charge is 2.45. The number of anilines is 2. The van der Waals surface area contributed by atoms with E-state index in [1.165, 1.54) is 0 Å². The second kappa shape index (κ2) is 11.2. The van der Waals surface area contributed by atoms with Crippen LogP contribution >= 0.6 is 0 Å². The molecule has 0 aliphatic carbocycles. The molecule has 3 N–H and O–H groups in total. The molecule has 2 aliphatic rings. The third-order valence-corrected chi connectivity index (χ3v) is 8.33. The molecule has 1 atom stereocenters. The van der Waals surface area contributed by atoms with E-state index in [1.807, 2.05) is 23.1 Å². The topological polar surface area (TPSA) is 128 Å². The predicted molar refractivity (Wildman–Crippen MR) is 157 cm³/mol. The number of imidazole rings is 1. The quantitative estimate of drug-likeness (QED) is 0.318. The minimum atomic E-state index is -4.56. The monoisotopic (exact) mass is 607 g/mol. The van der Waals surface area contributed by atoms with Gasteiger partial charge in [0.25, 0.3) is 5.91 Å². The number of ether oxygens (including phenoxy) is 1. The lowest BCUT2D eigenvalue weighted by Crippen LogP contribution is -2.55. The fourth-order valence-electron chi connectivity index (χ4n) is 5.88. The minimum absolute atomic E-state index is 0.0318. The lowest BCUT2D eigenvalue weighted by Gasteiger charge is -2.42. The Hall–Kier alpha value is -4.52. The number of nitrogen functional groups attached to an aromatic ring is 1. The van der Waals surface area contributed by atoms with Crippen LogP contribution in [0.15, 0.2) is 48.8 Å². The number of carbonyl (C=O) groups is 2. The number of carbonyl (C=O) groups excluding carboxylic acids is 2. The molecule has 0 saturated carbocycles. The van der Waals surface area contributed by atoms with E-state index in [9.17, 15) is 22.8 Å². The molecule has 6 rings (SSSR count). The number of hydrogen-bond donors (Lipinski definition) is 2. The largest absolute Gasteiger partial charge is 0.416 e. The van der Waals surface area contributed by atoms with Gasteiger partial charge in [0.05, 0.1) is 24.2 Å². The summed E-state index contributed by atoms with van der Waals surface area (Å²) in [7, 11) is 0. The van der Waals surface area contributed by atoms with Gasteiger partial charge in [-0.3, -0.25) is 14.0 Å². The fraction of sp³-hybridized carbons (Fsp3) is 0.387. The zero-order valence-electron chi connectivity index (χ0n) is 24.3. The first-order valence-electron chi connectivity index (χ1n) is 14.5. The van der Waals surface area contributed by atoms with Crippen molar-refractivity contribution in [2.45, 2.75) is 45.2 Å². The average Bonchev–Trinajstić information content (AvgIpc) is 3.41. The number of rotatable bonds is 6. The van der Waals surface area contributed by atoms with Gasteiger partial charge in [-0.2, -0.15) is 13.2 Å². The zero-order chi connectivity index (χ0) is 31.2. The summed E-state index contributed by atoms with van der Waals surface area (Å²) in [6.45, 7) is 6.03. The van der Waals surface area contributed by atoms with Crippen LogP contribution in [0, 0.1) is 5.41 Å². The average molecular weight is 608 g/mol. The van der Waals surface area contributed by atoms with Crippen molar-refractivity contribution in [2.24, 2.45) is 5.41 Å². The van der Waals surface area contributed by atoms with Crippen LogP contribution in [0.4, 0.5) is 24.8 Å². The Morgan fingerprint density at radius 3 is 2.57 bits per heavy atom. The van der Waals surface area contributed by atoms with Crippen LogP contribution in [0.1, 0.15) is 60.0 Å². The van der Waals surface area contributed by atoms with E-state index >= 15 is 0 Å². The van der Waals surface area contributed by atoms with Crippen molar-refractivity contribution in [3.63, 3.8) is 0 Å².